The fraction of sp³-hybridized carbons (Fsp3) is 0.600. The maximum atomic E-state index is 12.6. The lowest BCUT2D eigenvalue weighted by molar-refractivity contribution is 0.150. The van der Waals surface area contributed by atoms with E-state index in [9.17, 15) is 13.9 Å². The highest BCUT2D eigenvalue weighted by Gasteiger charge is 2.23. The Balaban J connectivity index is 1.92. The number of nitrogens with one attached hydrogen (secondary N) is 1. The van der Waals surface area contributed by atoms with Crippen LogP contribution in [0.15, 0.2) is 24.3 Å². The second kappa shape index (κ2) is 6.96. The first kappa shape index (κ1) is 14.4. The van der Waals surface area contributed by atoms with Crippen molar-refractivity contribution in [3.63, 3.8) is 0 Å². The van der Waals surface area contributed by atoms with E-state index in [1.54, 1.807) is 12.1 Å². The van der Waals surface area contributed by atoms with E-state index < -0.39 is 6.43 Å². The molecule has 2 N–H and O–H groups in total. The van der Waals surface area contributed by atoms with Crippen LogP contribution in [0, 0.1) is 5.92 Å². The number of hydrogen-bond acceptors (Lipinski definition) is 2. The summed E-state index contributed by atoms with van der Waals surface area (Å²) in [5.74, 6) is 0.298. The fourth-order valence-corrected chi connectivity index (χ4v) is 2.78. The van der Waals surface area contributed by atoms with Crippen molar-refractivity contribution in [3.8, 4) is 0 Å². The van der Waals surface area contributed by atoms with E-state index >= 15 is 0 Å². The molecule has 1 fully saturated rings. The number of benzene rings is 1. The maximum absolute atomic E-state index is 12.6. The lowest BCUT2D eigenvalue weighted by Gasteiger charge is -2.31. The van der Waals surface area contributed by atoms with Crippen LogP contribution in [0.25, 0.3) is 0 Å². The van der Waals surface area contributed by atoms with Crippen LogP contribution in [0.1, 0.15) is 43.2 Å². The molecule has 0 aliphatic heterocycles. The monoisotopic (exact) mass is 269 g/mol. The highest BCUT2D eigenvalue weighted by atomic mass is 19.3. The van der Waals surface area contributed by atoms with Crippen LogP contribution in [0.4, 0.5) is 8.78 Å². The van der Waals surface area contributed by atoms with Gasteiger partial charge in [-0.25, -0.2) is 8.78 Å². The molecule has 106 valence electrons. The Morgan fingerprint density at radius 3 is 2.79 bits per heavy atom. The van der Waals surface area contributed by atoms with Crippen LogP contribution >= 0.6 is 0 Å². The molecule has 0 radical (unpaired) electrons. The van der Waals surface area contributed by atoms with E-state index in [1.165, 1.54) is 18.9 Å². The third kappa shape index (κ3) is 3.98. The second-order valence-electron chi connectivity index (χ2n) is 5.26. The van der Waals surface area contributed by atoms with E-state index in [-0.39, 0.29) is 12.2 Å². The summed E-state index contributed by atoms with van der Waals surface area (Å²) in [6.45, 7) is 0.788. The molecule has 0 saturated heterocycles. The average molecular weight is 269 g/mol. The van der Waals surface area contributed by atoms with E-state index in [0.717, 1.165) is 18.4 Å². The predicted octanol–water partition coefficient (Wildman–Crippen LogP) is 3.26. The molecule has 1 aliphatic rings. The summed E-state index contributed by atoms with van der Waals surface area (Å²) >= 11 is 0. The predicted molar refractivity (Wildman–Crippen MR) is 71.1 cm³/mol. The summed E-state index contributed by atoms with van der Waals surface area (Å²) in [6.07, 6.45) is 2.03. The maximum Gasteiger partial charge on any atom is 0.263 e. The van der Waals surface area contributed by atoms with Crippen molar-refractivity contribution < 1.29 is 13.9 Å². The van der Waals surface area contributed by atoms with Crippen LogP contribution in [-0.4, -0.2) is 17.8 Å². The molecule has 0 spiro atoms. The number of halogens is 2. The number of alkyl halides is 2. The normalized spacial score (nSPS) is 23.8. The molecule has 19 heavy (non-hydrogen) atoms. The molecule has 2 atom stereocenters. The molecule has 0 bridgehead atoms. The average Bonchev–Trinajstić information content (AvgIpc) is 2.45. The zero-order chi connectivity index (χ0) is 13.7. The van der Waals surface area contributed by atoms with Crippen LogP contribution < -0.4 is 5.32 Å². The molecular weight excluding hydrogens is 248 g/mol. The summed E-state index contributed by atoms with van der Waals surface area (Å²) in [7, 11) is 0. The van der Waals surface area contributed by atoms with Gasteiger partial charge < -0.3 is 10.4 Å². The van der Waals surface area contributed by atoms with Gasteiger partial charge in [0.15, 0.2) is 0 Å². The largest absolute Gasteiger partial charge is 0.396 e. The molecule has 0 aromatic heterocycles. The molecular formula is C15H21F2NO. The number of aliphatic hydroxyl groups excluding tert-OH is 1. The van der Waals surface area contributed by atoms with Crippen molar-refractivity contribution in [1.29, 1.82) is 0 Å². The number of rotatable bonds is 5. The summed E-state index contributed by atoms with van der Waals surface area (Å²) in [4.78, 5) is 0. The minimum Gasteiger partial charge on any atom is -0.396 e. The zero-order valence-electron chi connectivity index (χ0n) is 11.0. The quantitative estimate of drug-likeness (QED) is 0.860. The highest BCUT2D eigenvalue weighted by molar-refractivity contribution is 5.24. The van der Waals surface area contributed by atoms with Gasteiger partial charge in [-0.15, -0.1) is 0 Å². The van der Waals surface area contributed by atoms with Gasteiger partial charge in [-0.2, -0.15) is 0 Å². The topological polar surface area (TPSA) is 32.3 Å². The number of aliphatic hydroxyl groups is 1. The molecule has 1 aromatic rings. The standard InChI is InChI=1S/C15H21F2NO/c16-15(17)12-6-3-4-11(8-12)9-18-14-7-2-1-5-13(14)10-19/h3-4,6,8,13-15,18-19H,1-2,5,7,9-10H2. The lowest BCUT2D eigenvalue weighted by Crippen LogP contribution is -2.39. The van der Waals surface area contributed by atoms with Gasteiger partial charge >= 0.3 is 0 Å². The Kier molecular flexibility index (Phi) is 5.28. The van der Waals surface area contributed by atoms with Crippen LogP contribution in [0.2, 0.25) is 0 Å². The third-order valence-corrected chi connectivity index (χ3v) is 3.91. The van der Waals surface area contributed by atoms with Crippen molar-refractivity contribution in [2.75, 3.05) is 6.61 Å². The first-order valence-corrected chi connectivity index (χ1v) is 6.92. The van der Waals surface area contributed by atoms with Crippen molar-refractivity contribution in [2.24, 2.45) is 5.92 Å². The molecule has 2 unspecified atom stereocenters. The third-order valence-electron chi connectivity index (χ3n) is 3.91. The Bertz CT molecular complexity index is 397. The number of hydrogen-bond donors (Lipinski definition) is 2. The van der Waals surface area contributed by atoms with Crippen LogP contribution in [0.5, 0.6) is 0 Å². The highest BCUT2D eigenvalue weighted by Crippen LogP contribution is 2.24. The smallest absolute Gasteiger partial charge is 0.263 e. The Morgan fingerprint density at radius 2 is 2.05 bits per heavy atom. The van der Waals surface area contributed by atoms with Gasteiger partial charge in [0.2, 0.25) is 0 Å². The van der Waals surface area contributed by atoms with E-state index in [4.69, 9.17) is 0 Å². The molecule has 1 saturated carbocycles. The van der Waals surface area contributed by atoms with Crippen molar-refractivity contribution in [2.45, 2.75) is 44.7 Å². The van der Waals surface area contributed by atoms with Crippen molar-refractivity contribution in [1.82, 2.24) is 5.32 Å². The van der Waals surface area contributed by atoms with Crippen molar-refractivity contribution in [3.05, 3.63) is 35.4 Å². The van der Waals surface area contributed by atoms with Crippen LogP contribution in [-0.2, 0) is 6.54 Å². The SMILES string of the molecule is OCC1CCCCC1NCc1cccc(C(F)F)c1. The summed E-state index contributed by atoms with van der Waals surface area (Å²) in [5.41, 5.74) is 0.946. The van der Waals surface area contributed by atoms with Gasteiger partial charge in [0.25, 0.3) is 6.43 Å². The van der Waals surface area contributed by atoms with Gasteiger partial charge in [-0.3, -0.25) is 0 Å². The Labute approximate surface area is 112 Å². The van der Waals surface area contributed by atoms with Gasteiger partial charge in [-0.05, 0) is 30.4 Å². The minimum atomic E-state index is -2.42. The molecule has 2 nitrogen and oxygen atoms in total. The first-order chi connectivity index (χ1) is 9.20. The Hall–Kier alpha value is -1.00. The molecule has 0 amide bonds. The zero-order valence-corrected chi connectivity index (χ0v) is 11.0. The summed E-state index contributed by atoms with van der Waals surface area (Å²) in [5, 5.41) is 12.7. The first-order valence-electron chi connectivity index (χ1n) is 6.92. The van der Waals surface area contributed by atoms with E-state index in [1.807, 2.05) is 6.07 Å². The van der Waals surface area contributed by atoms with E-state index in [0.29, 0.717) is 18.5 Å². The summed E-state index contributed by atoms with van der Waals surface area (Å²) < 4.78 is 25.2. The molecule has 0 heterocycles. The minimum absolute atomic E-state index is 0.0710. The van der Waals surface area contributed by atoms with Gasteiger partial charge in [0.1, 0.15) is 0 Å². The van der Waals surface area contributed by atoms with Gasteiger partial charge in [0.05, 0.1) is 0 Å². The van der Waals surface area contributed by atoms with Crippen molar-refractivity contribution >= 4 is 0 Å². The molecule has 1 aliphatic carbocycles. The fourth-order valence-electron chi connectivity index (χ4n) is 2.78. The lowest BCUT2D eigenvalue weighted by atomic mass is 9.85. The summed E-state index contributed by atoms with van der Waals surface area (Å²) in [6, 6.07) is 6.83. The van der Waals surface area contributed by atoms with Gasteiger partial charge in [-0.1, -0.05) is 31.0 Å². The Morgan fingerprint density at radius 1 is 1.26 bits per heavy atom. The van der Waals surface area contributed by atoms with Crippen LogP contribution in [0.3, 0.4) is 0 Å². The second-order valence-corrected chi connectivity index (χ2v) is 5.26. The molecule has 1 aromatic carbocycles. The van der Waals surface area contributed by atoms with Gasteiger partial charge in [0, 0.05) is 24.8 Å². The molecule has 2 rings (SSSR count). The molecule has 4 heteroatoms. The van der Waals surface area contributed by atoms with E-state index in [2.05, 4.69) is 5.32 Å².